The van der Waals surface area contributed by atoms with Crippen LogP contribution in [0.5, 0.6) is 0 Å². The Hall–Kier alpha value is -1.43. The third-order valence-electron chi connectivity index (χ3n) is 2.05. The highest BCUT2D eigenvalue weighted by Crippen LogP contribution is 2.27. The Bertz CT molecular complexity index is 523. The molecule has 2 rings (SSSR count). The number of hydrogen-bond acceptors (Lipinski definition) is 2. The summed E-state index contributed by atoms with van der Waals surface area (Å²) in [5, 5.41) is 0. The van der Waals surface area contributed by atoms with E-state index in [1.807, 2.05) is 0 Å². The molecule has 0 saturated carbocycles. The second-order valence-corrected chi connectivity index (χ2v) is 4.19. The monoisotopic (exact) mass is 302 g/mol. The summed E-state index contributed by atoms with van der Waals surface area (Å²) in [6.07, 6.45) is -3.42. The van der Waals surface area contributed by atoms with Gasteiger partial charge in [0.25, 0.3) is 0 Å². The number of alkyl halides is 3. The van der Waals surface area contributed by atoms with Gasteiger partial charge in [-0.05, 0) is 18.2 Å². The van der Waals surface area contributed by atoms with Gasteiger partial charge in [-0.3, -0.25) is 0 Å². The predicted octanol–water partition coefficient (Wildman–Crippen LogP) is 3.92. The van der Waals surface area contributed by atoms with Gasteiger partial charge in [0, 0.05) is 16.2 Å². The smallest absolute Gasteiger partial charge is 0.233 e. The van der Waals surface area contributed by atoms with E-state index < -0.39 is 12.0 Å². The predicted molar refractivity (Wildman–Crippen MR) is 60.2 cm³/mol. The zero-order valence-corrected chi connectivity index (χ0v) is 9.96. The van der Waals surface area contributed by atoms with Crippen LogP contribution in [-0.2, 0) is 6.18 Å². The van der Waals surface area contributed by atoms with Crippen LogP contribution in [0.4, 0.5) is 13.2 Å². The molecule has 0 aliphatic rings. The van der Waals surface area contributed by atoms with Crippen molar-refractivity contribution in [3.63, 3.8) is 0 Å². The van der Waals surface area contributed by atoms with Crippen LogP contribution in [0.3, 0.4) is 0 Å². The molecule has 17 heavy (non-hydrogen) atoms. The third kappa shape index (κ3) is 2.82. The normalized spacial score (nSPS) is 11.5. The van der Waals surface area contributed by atoms with E-state index >= 15 is 0 Å². The van der Waals surface area contributed by atoms with Gasteiger partial charge in [-0.1, -0.05) is 28.1 Å². The molecule has 1 heterocycles. The average Bonchev–Trinajstić information content (AvgIpc) is 2.29. The summed E-state index contributed by atoms with van der Waals surface area (Å²) in [4.78, 5) is 6.70. The Balaban J connectivity index is 2.43. The van der Waals surface area contributed by atoms with Gasteiger partial charge in [-0.2, -0.15) is 13.2 Å². The van der Waals surface area contributed by atoms with Gasteiger partial charge in [-0.25, -0.2) is 9.97 Å². The molecule has 0 fully saturated rings. The van der Waals surface area contributed by atoms with Crippen LogP contribution in [0.15, 0.2) is 41.0 Å². The molecule has 1 aromatic heterocycles. The fourth-order valence-electron chi connectivity index (χ4n) is 1.28. The van der Waals surface area contributed by atoms with Crippen LogP contribution in [0, 0.1) is 0 Å². The zero-order valence-electron chi connectivity index (χ0n) is 8.37. The maximum absolute atomic E-state index is 12.4. The SMILES string of the molecule is FC(F)(F)c1nccc(-c2ccc(Br)cc2)n1. The minimum Gasteiger partial charge on any atom is -0.233 e. The van der Waals surface area contributed by atoms with Gasteiger partial charge in [0.05, 0.1) is 5.69 Å². The maximum atomic E-state index is 12.4. The van der Waals surface area contributed by atoms with E-state index in [0.717, 1.165) is 10.7 Å². The van der Waals surface area contributed by atoms with Crippen molar-refractivity contribution in [1.29, 1.82) is 0 Å². The molecule has 0 atom stereocenters. The highest BCUT2D eigenvalue weighted by Gasteiger charge is 2.34. The number of nitrogens with zero attached hydrogens (tertiary/aromatic N) is 2. The standard InChI is InChI=1S/C11H6BrF3N2/c12-8-3-1-7(2-4-8)9-5-6-16-10(17-9)11(13,14)15/h1-6H. The van der Waals surface area contributed by atoms with Gasteiger partial charge < -0.3 is 0 Å². The molecule has 0 radical (unpaired) electrons. The van der Waals surface area contributed by atoms with E-state index in [2.05, 4.69) is 25.9 Å². The van der Waals surface area contributed by atoms with E-state index in [-0.39, 0.29) is 5.69 Å². The Morgan fingerprint density at radius 2 is 1.65 bits per heavy atom. The van der Waals surface area contributed by atoms with Crippen molar-refractivity contribution in [2.45, 2.75) is 6.18 Å². The molecule has 0 amide bonds. The number of benzene rings is 1. The molecule has 6 heteroatoms. The summed E-state index contributed by atoms with van der Waals surface area (Å²) in [5.74, 6) is -1.13. The summed E-state index contributed by atoms with van der Waals surface area (Å²) in [6.45, 7) is 0. The maximum Gasteiger partial charge on any atom is 0.451 e. The van der Waals surface area contributed by atoms with Crippen molar-refractivity contribution in [2.75, 3.05) is 0 Å². The number of hydrogen-bond donors (Lipinski definition) is 0. The van der Waals surface area contributed by atoms with Crippen LogP contribution < -0.4 is 0 Å². The molecule has 0 N–H and O–H groups in total. The largest absolute Gasteiger partial charge is 0.451 e. The fourth-order valence-corrected chi connectivity index (χ4v) is 1.54. The summed E-state index contributed by atoms with van der Waals surface area (Å²) in [7, 11) is 0. The van der Waals surface area contributed by atoms with Crippen molar-refractivity contribution < 1.29 is 13.2 Å². The fraction of sp³-hybridized carbons (Fsp3) is 0.0909. The average molecular weight is 303 g/mol. The van der Waals surface area contributed by atoms with Crippen molar-refractivity contribution in [2.24, 2.45) is 0 Å². The minimum atomic E-state index is -4.52. The highest BCUT2D eigenvalue weighted by atomic mass is 79.9. The Morgan fingerprint density at radius 3 is 2.24 bits per heavy atom. The topological polar surface area (TPSA) is 25.8 Å². The van der Waals surface area contributed by atoms with Crippen LogP contribution in [0.2, 0.25) is 0 Å². The number of rotatable bonds is 1. The van der Waals surface area contributed by atoms with Crippen molar-refractivity contribution in [1.82, 2.24) is 9.97 Å². The van der Waals surface area contributed by atoms with Crippen LogP contribution in [0.25, 0.3) is 11.3 Å². The molecule has 0 spiro atoms. The van der Waals surface area contributed by atoms with Gasteiger partial charge in [-0.15, -0.1) is 0 Å². The lowest BCUT2D eigenvalue weighted by Crippen LogP contribution is -2.10. The molecule has 0 unspecified atom stereocenters. The highest BCUT2D eigenvalue weighted by molar-refractivity contribution is 9.10. The van der Waals surface area contributed by atoms with Crippen LogP contribution in [0.1, 0.15) is 5.82 Å². The van der Waals surface area contributed by atoms with Gasteiger partial charge in [0.1, 0.15) is 0 Å². The molecule has 0 aliphatic heterocycles. The van der Waals surface area contributed by atoms with Gasteiger partial charge in [0.2, 0.25) is 5.82 Å². The number of aromatic nitrogens is 2. The lowest BCUT2D eigenvalue weighted by Gasteiger charge is -2.06. The van der Waals surface area contributed by atoms with Gasteiger partial charge in [0.15, 0.2) is 0 Å². The van der Waals surface area contributed by atoms with Crippen molar-refractivity contribution >= 4 is 15.9 Å². The van der Waals surface area contributed by atoms with Crippen LogP contribution in [-0.4, -0.2) is 9.97 Å². The molecular formula is C11H6BrF3N2. The molecular weight excluding hydrogens is 297 g/mol. The molecule has 2 aromatic rings. The molecule has 1 aromatic carbocycles. The van der Waals surface area contributed by atoms with Gasteiger partial charge >= 0.3 is 6.18 Å². The Labute approximate surface area is 104 Å². The molecule has 88 valence electrons. The first-order valence-electron chi connectivity index (χ1n) is 4.63. The first-order chi connectivity index (χ1) is 7.97. The molecule has 0 aliphatic carbocycles. The quantitative estimate of drug-likeness (QED) is 0.798. The minimum absolute atomic E-state index is 0.250. The molecule has 0 bridgehead atoms. The second kappa shape index (κ2) is 4.44. The Morgan fingerprint density at radius 1 is 1.00 bits per heavy atom. The third-order valence-corrected chi connectivity index (χ3v) is 2.58. The summed E-state index contributed by atoms with van der Waals surface area (Å²) in [6, 6.07) is 8.30. The van der Waals surface area contributed by atoms with E-state index in [9.17, 15) is 13.2 Å². The molecule has 0 saturated heterocycles. The Kier molecular flexibility index (Phi) is 3.15. The lowest BCUT2D eigenvalue weighted by atomic mass is 10.1. The van der Waals surface area contributed by atoms with Crippen LogP contribution >= 0.6 is 15.9 Å². The number of halogens is 4. The first-order valence-corrected chi connectivity index (χ1v) is 5.42. The molecule has 2 nitrogen and oxygen atoms in total. The first kappa shape index (κ1) is 12.0. The summed E-state index contributed by atoms with van der Waals surface area (Å²) >= 11 is 3.25. The van der Waals surface area contributed by atoms with Crippen molar-refractivity contribution in [3.8, 4) is 11.3 Å². The summed E-state index contributed by atoms with van der Waals surface area (Å²) in [5.41, 5.74) is 0.862. The van der Waals surface area contributed by atoms with E-state index in [1.54, 1.807) is 24.3 Å². The van der Waals surface area contributed by atoms with E-state index in [1.165, 1.54) is 6.07 Å². The zero-order chi connectivity index (χ0) is 12.5. The summed E-state index contributed by atoms with van der Waals surface area (Å²) < 4.78 is 38.1. The van der Waals surface area contributed by atoms with E-state index in [0.29, 0.717) is 5.56 Å². The lowest BCUT2D eigenvalue weighted by molar-refractivity contribution is -0.144. The second-order valence-electron chi connectivity index (χ2n) is 3.27. The van der Waals surface area contributed by atoms with E-state index in [4.69, 9.17) is 0 Å². The van der Waals surface area contributed by atoms with Crippen molar-refractivity contribution in [3.05, 3.63) is 46.8 Å².